The third-order valence-electron chi connectivity index (χ3n) is 6.75. The molecule has 0 saturated heterocycles. The summed E-state index contributed by atoms with van der Waals surface area (Å²) in [6.45, 7) is 2.37. The van der Waals surface area contributed by atoms with Crippen LogP contribution in [0.15, 0.2) is 59.5 Å². The molecular formula is C28H33N5O8. The number of para-hydroxylation sites is 2. The summed E-state index contributed by atoms with van der Waals surface area (Å²) in [7, 11) is 2.77. The summed E-state index contributed by atoms with van der Waals surface area (Å²) in [5, 5.41) is 28.0. The van der Waals surface area contributed by atoms with Gasteiger partial charge in [0.2, 0.25) is 0 Å². The van der Waals surface area contributed by atoms with Crippen molar-refractivity contribution >= 4 is 17.6 Å². The Balaban J connectivity index is 1.49. The minimum absolute atomic E-state index is 0.0465. The molecule has 0 bridgehead atoms. The van der Waals surface area contributed by atoms with Crippen LogP contribution in [0.25, 0.3) is 0 Å². The first kappa shape index (κ1) is 29.4. The lowest BCUT2D eigenvalue weighted by atomic mass is 9.93. The van der Waals surface area contributed by atoms with Crippen LogP contribution < -0.4 is 25.5 Å². The number of anilines is 1. The largest absolute Gasteiger partial charge is 0.493 e. The number of aliphatic hydroxyl groups excluding tert-OH is 1. The van der Waals surface area contributed by atoms with Crippen molar-refractivity contribution in [3.05, 3.63) is 91.8 Å². The first-order chi connectivity index (χ1) is 19.7. The number of nitro groups is 1. The van der Waals surface area contributed by atoms with Gasteiger partial charge in [0.25, 0.3) is 5.69 Å². The maximum absolute atomic E-state index is 13.7. The molecule has 4 rings (SSSR count). The topological polar surface area (TPSA) is 168 Å². The number of nitrogens with zero attached hydrogens (tertiary/aromatic N) is 2. The predicted octanol–water partition coefficient (Wildman–Crippen LogP) is 2.79. The SMILES string of the molecule is COC(=O)N1C(C)Nc2[nH]cc(CCNCC(O)COc3ccccc3OC)c(=O)c2C1c1cccc([N+](=O)[O-])c1. The molecule has 0 spiro atoms. The average Bonchev–Trinajstić information content (AvgIpc) is 2.98. The summed E-state index contributed by atoms with van der Waals surface area (Å²) in [6.07, 6.45) is -0.163. The van der Waals surface area contributed by atoms with Crippen molar-refractivity contribution in [1.82, 2.24) is 15.2 Å². The molecule has 1 aliphatic rings. The molecule has 41 heavy (non-hydrogen) atoms. The number of rotatable bonds is 11. The molecule has 0 fully saturated rings. The van der Waals surface area contributed by atoms with Gasteiger partial charge in [-0.2, -0.15) is 0 Å². The molecule has 0 radical (unpaired) electrons. The lowest BCUT2D eigenvalue weighted by molar-refractivity contribution is -0.384. The Morgan fingerprint density at radius 2 is 1.95 bits per heavy atom. The number of pyridine rings is 1. The molecule has 3 aromatic rings. The van der Waals surface area contributed by atoms with Gasteiger partial charge in [0.1, 0.15) is 24.7 Å². The van der Waals surface area contributed by atoms with Gasteiger partial charge >= 0.3 is 6.09 Å². The number of H-pyrrole nitrogens is 1. The van der Waals surface area contributed by atoms with E-state index in [2.05, 4.69) is 15.6 Å². The number of aromatic amines is 1. The Morgan fingerprint density at radius 3 is 2.66 bits per heavy atom. The van der Waals surface area contributed by atoms with Crippen molar-refractivity contribution in [1.29, 1.82) is 0 Å². The molecule has 1 aliphatic heterocycles. The summed E-state index contributed by atoms with van der Waals surface area (Å²) >= 11 is 0. The van der Waals surface area contributed by atoms with Crippen LogP contribution in [0.5, 0.6) is 11.5 Å². The Hall–Kier alpha value is -4.62. The number of methoxy groups -OCH3 is 2. The van der Waals surface area contributed by atoms with E-state index < -0.39 is 29.3 Å². The van der Waals surface area contributed by atoms with Crippen LogP contribution in [-0.2, 0) is 11.2 Å². The molecule has 4 N–H and O–H groups in total. The molecule has 3 unspecified atom stereocenters. The van der Waals surface area contributed by atoms with Crippen LogP contribution in [0, 0.1) is 10.1 Å². The number of nitro benzene ring substituents is 1. The number of benzene rings is 2. The number of aliphatic hydroxyl groups is 1. The average molecular weight is 568 g/mol. The van der Waals surface area contributed by atoms with Crippen molar-refractivity contribution in [3.8, 4) is 11.5 Å². The minimum Gasteiger partial charge on any atom is -0.493 e. The van der Waals surface area contributed by atoms with E-state index in [0.29, 0.717) is 41.4 Å². The quantitative estimate of drug-likeness (QED) is 0.154. The van der Waals surface area contributed by atoms with E-state index in [-0.39, 0.29) is 29.8 Å². The number of aromatic nitrogens is 1. The summed E-state index contributed by atoms with van der Waals surface area (Å²) in [5.74, 6) is 1.51. The fraction of sp³-hybridized carbons (Fsp3) is 0.357. The molecule has 2 aromatic carbocycles. The molecule has 0 aliphatic carbocycles. The molecular weight excluding hydrogens is 534 g/mol. The first-order valence-electron chi connectivity index (χ1n) is 13.0. The third kappa shape index (κ3) is 6.58. The van der Waals surface area contributed by atoms with Crippen molar-refractivity contribution in [2.75, 3.05) is 39.2 Å². The van der Waals surface area contributed by atoms with Gasteiger partial charge in [-0.1, -0.05) is 24.3 Å². The van der Waals surface area contributed by atoms with Crippen molar-refractivity contribution in [3.63, 3.8) is 0 Å². The third-order valence-corrected chi connectivity index (χ3v) is 6.75. The highest BCUT2D eigenvalue weighted by atomic mass is 16.6. The van der Waals surface area contributed by atoms with Gasteiger partial charge in [0, 0.05) is 30.4 Å². The molecule has 13 heteroatoms. The molecule has 1 aromatic heterocycles. The standard InChI is InChI=1S/C28H33N5O8/c1-17-31-27-24(25(32(17)28(36)40-3)18-7-6-8-20(13-18)33(37)38)26(35)19(14-30-27)11-12-29-15-21(34)16-41-23-10-5-4-9-22(23)39-2/h4-10,13-14,17,21,25,29,34H,11-12,15-16H2,1-3H3,(H2,30,31,35). The van der Waals surface area contributed by atoms with E-state index in [0.717, 1.165) is 0 Å². The van der Waals surface area contributed by atoms with E-state index in [1.54, 1.807) is 31.3 Å². The van der Waals surface area contributed by atoms with Crippen molar-refractivity contribution < 1.29 is 29.0 Å². The maximum Gasteiger partial charge on any atom is 0.411 e. The number of fused-ring (bicyclic) bond motifs is 1. The van der Waals surface area contributed by atoms with Gasteiger partial charge in [-0.3, -0.25) is 19.8 Å². The Morgan fingerprint density at radius 1 is 1.20 bits per heavy atom. The molecule has 0 saturated carbocycles. The zero-order chi connectivity index (χ0) is 29.5. The summed E-state index contributed by atoms with van der Waals surface area (Å²) in [4.78, 5) is 41.9. The number of ether oxygens (including phenoxy) is 3. The first-order valence-corrected chi connectivity index (χ1v) is 13.0. The highest BCUT2D eigenvalue weighted by Gasteiger charge is 2.40. The second-order valence-electron chi connectivity index (χ2n) is 9.45. The molecule has 2 heterocycles. The van der Waals surface area contributed by atoms with E-state index in [9.17, 15) is 24.8 Å². The molecule has 218 valence electrons. The highest BCUT2D eigenvalue weighted by molar-refractivity contribution is 5.72. The predicted molar refractivity (Wildman–Crippen MR) is 150 cm³/mol. The zero-order valence-electron chi connectivity index (χ0n) is 23.0. The Labute approximate surface area is 236 Å². The fourth-order valence-electron chi connectivity index (χ4n) is 4.78. The number of amides is 1. The van der Waals surface area contributed by atoms with Gasteiger partial charge in [0.15, 0.2) is 16.9 Å². The lowest BCUT2D eigenvalue weighted by Gasteiger charge is -2.41. The maximum atomic E-state index is 13.7. The molecule has 1 amide bonds. The number of hydrogen-bond acceptors (Lipinski definition) is 10. The van der Waals surface area contributed by atoms with Crippen LogP contribution >= 0.6 is 0 Å². The number of carbonyl (C=O) groups excluding carboxylic acids is 1. The number of carbonyl (C=O) groups is 1. The highest BCUT2D eigenvalue weighted by Crippen LogP contribution is 2.38. The van der Waals surface area contributed by atoms with E-state index in [1.807, 2.05) is 12.1 Å². The second kappa shape index (κ2) is 13.2. The Kier molecular flexibility index (Phi) is 9.42. The fourth-order valence-corrected chi connectivity index (χ4v) is 4.78. The van der Waals surface area contributed by atoms with E-state index in [4.69, 9.17) is 14.2 Å². The summed E-state index contributed by atoms with van der Waals surface area (Å²) in [6, 6.07) is 12.1. The normalized spacial score (nSPS) is 16.7. The monoisotopic (exact) mass is 567 g/mol. The van der Waals surface area contributed by atoms with Gasteiger partial charge in [-0.25, -0.2) is 4.79 Å². The van der Waals surface area contributed by atoms with Crippen LogP contribution in [0.2, 0.25) is 0 Å². The van der Waals surface area contributed by atoms with E-state index in [1.165, 1.54) is 37.3 Å². The lowest BCUT2D eigenvalue weighted by Crippen LogP contribution is -2.51. The van der Waals surface area contributed by atoms with Gasteiger partial charge in [-0.15, -0.1) is 0 Å². The van der Waals surface area contributed by atoms with Gasteiger partial charge < -0.3 is 34.9 Å². The Bertz CT molecular complexity index is 1440. The van der Waals surface area contributed by atoms with Crippen LogP contribution in [0.4, 0.5) is 16.3 Å². The minimum atomic E-state index is -0.931. The summed E-state index contributed by atoms with van der Waals surface area (Å²) in [5.41, 5.74) is 0.609. The van der Waals surface area contributed by atoms with Gasteiger partial charge in [-0.05, 0) is 37.6 Å². The van der Waals surface area contributed by atoms with Crippen LogP contribution in [0.1, 0.15) is 29.7 Å². The molecule has 13 nitrogen and oxygen atoms in total. The van der Waals surface area contributed by atoms with Crippen LogP contribution in [0.3, 0.4) is 0 Å². The number of nitrogens with one attached hydrogen (secondary N) is 3. The number of non-ortho nitro benzene ring substituents is 1. The van der Waals surface area contributed by atoms with Crippen LogP contribution in [-0.4, -0.2) is 72.2 Å². The zero-order valence-corrected chi connectivity index (χ0v) is 23.0. The number of hydrogen-bond donors (Lipinski definition) is 4. The smallest absolute Gasteiger partial charge is 0.411 e. The van der Waals surface area contributed by atoms with Gasteiger partial charge in [0.05, 0.1) is 30.7 Å². The summed E-state index contributed by atoms with van der Waals surface area (Å²) < 4.78 is 15.9. The van der Waals surface area contributed by atoms with Crippen molar-refractivity contribution in [2.45, 2.75) is 31.7 Å². The second-order valence-corrected chi connectivity index (χ2v) is 9.45. The van der Waals surface area contributed by atoms with Crippen molar-refractivity contribution in [2.24, 2.45) is 0 Å². The molecule has 3 atom stereocenters. The van der Waals surface area contributed by atoms with E-state index >= 15 is 0 Å².